The van der Waals surface area contributed by atoms with Crippen molar-refractivity contribution < 1.29 is 31.1 Å². The maximum absolute atomic E-state index is 12.5. The summed E-state index contributed by atoms with van der Waals surface area (Å²) in [5.74, 6) is -2.04. The van der Waals surface area contributed by atoms with Crippen LogP contribution in [0.5, 0.6) is 5.75 Å². The number of hydrogen-bond donors (Lipinski definition) is 0. The molecule has 2 aromatic carbocycles. The highest BCUT2D eigenvalue weighted by atomic mass is 19.4. The van der Waals surface area contributed by atoms with Gasteiger partial charge in [-0.1, -0.05) is 37.6 Å². The Morgan fingerprint density at radius 1 is 0.935 bits per heavy atom. The van der Waals surface area contributed by atoms with Crippen LogP contribution in [0.1, 0.15) is 62.5 Å². The van der Waals surface area contributed by atoms with Crippen LogP contribution in [0.25, 0.3) is 0 Å². The number of hydrogen-bond acceptors (Lipinski definition) is 1. The second kappa shape index (κ2) is 12.0. The molecule has 172 valence electrons. The van der Waals surface area contributed by atoms with E-state index in [0.29, 0.717) is 24.1 Å². The number of rotatable bonds is 6. The molecule has 1 fully saturated rings. The van der Waals surface area contributed by atoms with Gasteiger partial charge in [0.05, 0.1) is 6.67 Å². The molecule has 31 heavy (non-hydrogen) atoms. The summed E-state index contributed by atoms with van der Waals surface area (Å²) in [5.41, 5.74) is 2.95. The van der Waals surface area contributed by atoms with E-state index in [1.807, 2.05) is 0 Å². The smallest absolute Gasteiger partial charge is 0.403 e. The van der Waals surface area contributed by atoms with Gasteiger partial charge in [0.2, 0.25) is 0 Å². The van der Waals surface area contributed by atoms with Crippen LogP contribution in [0.15, 0.2) is 42.5 Å². The zero-order valence-corrected chi connectivity index (χ0v) is 17.5. The van der Waals surface area contributed by atoms with Gasteiger partial charge in [-0.3, -0.25) is 4.39 Å². The number of halogens is 6. The summed E-state index contributed by atoms with van der Waals surface area (Å²) in [6.45, 7) is 2.08. The Hall–Kier alpha value is -2.18. The Kier molecular flexibility index (Phi) is 9.72. The van der Waals surface area contributed by atoms with Crippen LogP contribution < -0.4 is 4.74 Å². The quantitative estimate of drug-likeness (QED) is 0.407. The minimum atomic E-state index is -4.97. The fraction of sp³-hybridized carbons (Fsp3) is 0.500. The van der Waals surface area contributed by atoms with E-state index in [9.17, 15) is 26.3 Å². The van der Waals surface area contributed by atoms with Crippen molar-refractivity contribution in [3.8, 4) is 5.75 Å². The van der Waals surface area contributed by atoms with Crippen LogP contribution in [-0.4, -0.2) is 13.0 Å². The van der Waals surface area contributed by atoms with Crippen molar-refractivity contribution in [2.75, 3.05) is 6.67 Å². The Morgan fingerprint density at radius 3 is 2.10 bits per heavy atom. The normalized spacial score (nSPS) is 18.8. The maximum Gasteiger partial charge on any atom is 0.573 e. The molecule has 0 N–H and O–H groups in total. The molecule has 1 aliphatic rings. The predicted molar refractivity (Wildman–Crippen MR) is 109 cm³/mol. The van der Waals surface area contributed by atoms with Gasteiger partial charge in [-0.05, 0) is 73.6 Å². The largest absolute Gasteiger partial charge is 0.573 e. The van der Waals surface area contributed by atoms with Crippen molar-refractivity contribution in [3.63, 3.8) is 0 Å². The number of aryl methyl sites for hydroxylation is 1. The van der Waals surface area contributed by atoms with Crippen molar-refractivity contribution in [1.82, 2.24) is 0 Å². The molecule has 0 aliphatic heterocycles. The Labute approximate surface area is 179 Å². The molecule has 3 rings (SSSR count). The van der Waals surface area contributed by atoms with Crippen LogP contribution in [0.3, 0.4) is 0 Å². The lowest BCUT2D eigenvalue weighted by Gasteiger charge is -2.28. The molecule has 1 aliphatic carbocycles. The minimum absolute atomic E-state index is 0.138. The highest BCUT2D eigenvalue weighted by molar-refractivity contribution is 5.26. The molecule has 0 atom stereocenters. The van der Waals surface area contributed by atoms with Gasteiger partial charge in [0.15, 0.2) is 11.6 Å². The molecule has 7 heteroatoms. The summed E-state index contributed by atoms with van der Waals surface area (Å²) in [5, 5.41) is 0. The van der Waals surface area contributed by atoms with Gasteiger partial charge in [0, 0.05) is 6.07 Å². The second-order valence-electron chi connectivity index (χ2n) is 7.81. The van der Waals surface area contributed by atoms with Crippen molar-refractivity contribution in [2.24, 2.45) is 5.92 Å². The predicted octanol–water partition coefficient (Wildman–Crippen LogP) is 8.14. The first-order valence-electron chi connectivity index (χ1n) is 10.6. The van der Waals surface area contributed by atoms with E-state index in [1.165, 1.54) is 49.7 Å². The first-order chi connectivity index (χ1) is 14.7. The van der Waals surface area contributed by atoms with Crippen molar-refractivity contribution in [1.29, 1.82) is 0 Å². The van der Waals surface area contributed by atoms with Crippen LogP contribution in [-0.2, 0) is 6.42 Å². The maximum atomic E-state index is 12.5. The summed E-state index contributed by atoms with van der Waals surface area (Å²) >= 11 is 0. The Morgan fingerprint density at radius 2 is 1.58 bits per heavy atom. The van der Waals surface area contributed by atoms with Crippen LogP contribution in [0, 0.1) is 17.6 Å². The molecule has 0 aromatic heterocycles. The van der Waals surface area contributed by atoms with E-state index < -0.39 is 23.7 Å². The SMILES string of the molecule is CCCc1ccc(C2CCC(CCF)CC2)cc1.Fc1ccc(OC(F)(F)F)c(F)c1. The fourth-order valence-electron chi connectivity index (χ4n) is 3.87. The monoisotopic (exact) mass is 446 g/mol. The van der Waals surface area contributed by atoms with Gasteiger partial charge >= 0.3 is 6.36 Å². The average molecular weight is 446 g/mol. The number of benzene rings is 2. The first kappa shape index (κ1) is 25.1. The standard InChI is InChI=1S/C17H25F.C7H3F5O/c1-2-3-14-4-8-16(9-5-14)17-10-6-15(7-11-17)12-13-18;8-4-1-2-6(5(9)3-4)13-7(10,11)12/h4-5,8-9,15,17H,2-3,6-7,10-13H2,1H3;1-3H. The Balaban J connectivity index is 0.000000233. The Bertz CT molecular complexity index is 780. The van der Waals surface area contributed by atoms with Gasteiger partial charge in [-0.15, -0.1) is 13.2 Å². The summed E-state index contributed by atoms with van der Waals surface area (Å²) < 4.78 is 74.9. The highest BCUT2D eigenvalue weighted by Crippen LogP contribution is 2.37. The van der Waals surface area contributed by atoms with E-state index >= 15 is 0 Å². The second-order valence-corrected chi connectivity index (χ2v) is 7.81. The summed E-state index contributed by atoms with van der Waals surface area (Å²) in [7, 11) is 0. The van der Waals surface area contributed by atoms with Crippen LogP contribution in [0.4, 0.5) is 26.3 Å². The summed E-state index contributed by atoms with van der Waals surface area (Å²) in [6, 6.07) is 10.7. The molecule has 0 saturated heterocycles. The zero-order valence-electron chi connectivity index (χ0n) is 17.5. The molecule has 0 amide bonds. The molecule has 2 aromatic rings. The first-order valence-corrected chi connectivity index (χ1v) is 10.6. The third-order valence-electron chi connectivity index (χ3n) is 5.47. The van der Waals surface area contributed by atoms with Crippen molar-refractivity contribution in [3.05, 3.63) is 65.2 Å². The van der Waals surface area contributed by atoms with E-state index in [0.717, 1.165) is 12.3 Å². The lowest BCUT2D eigenvalue weighted by Crippen LogP contribution is -2.17. The topological polar surface area (TPSA) is 9.23 Å². The highest BCUT2D eigenvalue weighted by Gasteiger charge is 2.32. The summed E-state index contributed by atoms with van der Waals surface area (Å²) in [6.07, 6.45) is 3.13. The molecule has 1 nitrogen and oxygen atoms in total. The molecular weight excluding hydrogens is 418 g/mol. The third kappa shape index (κ3) is 8.83. The van der Waals surface area contributed by atoms with E-state index in [4.69, 9.17) is 0 Å². The average Bonchev–Trinajstić information content (AvgIpc) is 2.72. The van der Waals surface area contributed by atoms with Gasteiger partial charge in [0.1, 0.15) is 5.82 Å². The third-order valence-corrected chi connectivity index (χ3v) is 5.47. The van der Waals surface area contributed by atoms with Gasteiger partial charge in [-0.2, -0.15) is 0 Å². The minimum Gasteiger partial charge on any atom is -0.403 e. The molecular formula is C24H28F6O. The molecule has 0 radical (unpaired) electrons. The van der Waals surface area contributed by atoms with E-state index in [1.54, 1.807) is 0 Å². The van der Waals surface area contributed by atoms with Crippen LogP contribution >= 0.6 is 0 Å². The lowest BCUT2D eigenvalue weighted by atomic mass is 9.77. The fourth-order valence-corrected chi connectivity index (χ4v) is 3.87. The molecule has 0 spiro atoms. The van der Waals surface area contributed by atoms with E-state index in [-0.39, 0.29) is 6.67 Å². The van der Waals surface area contributed by atoms with Crippen LogP contribution in [0.2, 0.25) is 0 Å². The van der Waals surface area contributed by atoms with Crippen molar-refractivity contribution >= 4 is 0 Å². The molecule has 1 saturated carbocycles. The van der Waals surface area contributed by atoms with Gasteiger partial charge < -0.3 is 4.74 Å². The van der Waals surface area contributed by atoms with E-state index in [2.05, 4.69) is 35.9 Å². The number of alkyl halides is 4. The van der Waals surface area contributed by atoms with Crippen molar-refractivity contribution in [2.45, 2.75) is 64.1 Å². The summed E-state index contributed by atoms with van der Waals surface area (Å²) in [4.78, 5) is 0. The molecule has 0 unspecified atom stereocenters. The lowest BCUT2D eigenvalue weighted by molar-refractivity contribution is -0.275. The number of ether oxygens (including phenoxy) is 1. The van der Waals surface area contributed by atoms with Gasteiger partial charge in [0.25, 0.3) is 0 Å². The molecule has 0 bridgehead atoms. The molecule has 0 heterocycles. The van der Waals surface area contributed by atoms with Gasteiger partial charge in [-0.25, -0.2) is 8.78 Å². The zero-order chi connectivity index (χ0) is 22.9.